The molecule has 8 heteroatoms. The molecule has 0 saturated carbocycles. The predicted octanol–water partition coefficient (Wildman–Crippen LogP) is 2.34. The highest BCUT2D eigenvalue weighted by atomic mass is 32.1. The van der Waals surface area contributed by atoms with E-state index in [0.717, 1.165) is 0 Å². The van der Waals surface area contributed by atoms with Crippen molar-refractivity contribution in [2.75, 3.05) is 11.1 Å². The largest absolute Gasteiger partial charge is 0.396 e. The Morgan fingerprint density at radius 2 is 2.29 bits per heavy atom. The van der Waals surface area contributed by atoms with E-state index in [9.17, 15) is 10.1 Å². The summed E-state index contributed by atoms with van der Waals surface area (Å²) in [4.78, 5) is 16.5. The maximum absolute atomic E-state index is 12.1. The third-order valence-corrected chi connectivity index (χ3v) is 3.95. The van der Waals surface area contributed by atoms with Crippen molar-refractivity contribution >= 4 is 27.8 Å². The molecule has 0 atom stereocenters. The van der Waals surface area contributed by atoms with Gasteiger partial charge < -0.3 is 15.6 Å². The molecule has 0 bridgehead atoms. The van der Waals surface area contributed by atoms with Gasteiger partial charge >= 0.3 is 0 Å². The summed E-state index contributed by atoms with van der Waals surface area (Å²) in [6.45, 7) is 5.57. The molecule has 2 heterocycles. The molecule has 0 radical (unpaired) electrons. The van der Waals surface area contributed by atoms with Gasteiger partial charge in [-0.25, -0.2) is 0 Å². The summed E-state index contributed by atoms with van der Waals surface area (Å²) in [6, 6.07) is 2.02. The van der Waals surface area contributed by atoms with Crippen LogP contribution in [0.25, 0.3) is 0 Å². The fourth-order valence-corrected chi connectivity index (χ4v) is 2.85. The number of nitrogens with two attached hydrogens (primary N) is 1. The van der Waals surface area contributed by atoms with Crippen LogP contribution in [0, 0.1) is 24.2 Å². The summed E-state index contributed by atoms with van der Waals surface area (Å²) in [5.74, 6) is 0.688. The summed E-state index contributed by atoms with van der Waals surface area (Å²) < 4.78 is 4.98. The highest BCUT2D eigenvalue weighted by molar-refractivity contribution is 7.19. The van der Waals surface area contributed by atoms with Crippen LogP contribution in [0.2, 0.25) is 0 Å². The van der Waals surface area contributed by atoms with Gasteiger partial charge in [0.15, 0.2) is 11.6 Å². The average Bonchev–Trinajstić information content (AvgIpc) is 2.99. The Bertz CT molecular complexity index is 711. The number of aryl methyl sites for hydroxylation is 1. The minimum absolute atomic E-state index is 0.0734. The lowest BCUT2D eigenvalue weighted by atomic mass is 10.1. The van der Waals surface area contributed by atoms with Gasteiger partial charge in [0, 0.05) is 5.92 Å². The number of hydrogen-bond acceptors (Lipinski definition) is 8. The number of nitrogens with zero attached hydrogens (tertiary/aromatic N) is 3. The molecule has 2 aromatic rings. The van der Waals surface area contributed by atoms with Crippen LogP contribution in [0.3, 0.4) is 0 Å². The maximum atomic E-state index is 12.1. The van der Waals surface area contributed by atoms with Gasteiger partial charge in [-0.3, -0.25) is 4.79 Å². The van der Waals surface area contributed by atoms with Crippen LogP contribution in [0.5, 0.6) is 0 Å². The normalized spacial score (nSPS) is 10.6. The lowest BCUT2D eigenvalue weighted by Crippen LogP contribution is -2.07. The summed E-state index contributed by atoms with van der Waals surface area (Å²) in [5, 5.41) is 16.4. The summed E-state index contributed by atoms with van der Waals surface area (Å²) in [5.41, 5.74) is 6.41. The third-order valence-electron chi connectivity index (χ3n) is 2.77. The molecule has 0 saturated heterocycles. The molecule has 0 aliphatic rings. The molecule has 110 valence electrons. The first-order chi connectivity index (χ1) is 9.93. The SMILES string of the molecule is Cc1noc(CNc2sc(C(=O)C(C)C)c(N)c2C#N)n1. The van der Waals surface area contributed by atoms with Crippen molar-refractivity contribution in [2.24, 2.45) is 5.92 Å². The van der Waals surface area contributed by atoms with Gasteiger partial charge in [0.25, 0.3) is 0 Å². The number of aromatic nitrogens is 2. The van der Waals surface area contributed by atoms with E-state index in [2.05, 4.69) is 15.5 Å². The van der Waals surface area contributed by atoms with Crippen LogP contribution in [0.15, 0.2) is 4.52 Å². The highest BCUT2D eigenvalue weighted by Crippen LogP contribution is 2.36. The number of carbonyl (C=O) groups excluding carboxylic acids is 1. The molecule has 0 aliphatic heterocycles. The molecular weight excluding hydrogens is 290 g/mol. The van der Waals surface area contributed by atoms with Crippen LogP contribution < -0.4 is 11.1 Å². The van der Waals surface area contributed by atoms with Crippen molar-refractivity contribution in [3.8, 4) is 6.07 Å². The van der Waals surface area contributed by atoms with E-state index in [0.29, 0.717) is 21.6 Å². The van der Waals surface area contributed by atoms with Gasteiger partial charge in [-0.15, -0.1) is 11.3 Å². The number of ketones is 1. The first-order valence-electron chi connectivity index (χ1n) is 6.33. The molecule has 2 rings (SSSR count). The topological polar surface area (TPSA) is 118 Å². The molecule has 0 fully saturated rings. The van der Waals surface area contributed by atoms with Crippen LogP contribution in [0.4, 0.5) is 10.7 Å². The molecule has 0 spiro atoms. The Hall–Kier alpha value is -2.40. The lowest BCUT2D eigenvalue weighted by Gasteiger charge is -2.01. The number of hydrogen-bond donors (Lipinski definition) is 2. The van der Waals surface area contributed by atoms with Crippen LogP contribution in [-0.2, 0) is 6.54 Å². The van der Waals surface area contributed by atoms with E-state index in [-0.39, 0.29) is 29.5 Å². The quantitative estimate of drug-likeness (QED) is 0.814. The van der Waals surface area contributed by atoms with Gasteiger partial charge in [-0.1, -0.05) is 19.0 Å². The number of carbonyl (C=O) groups is 1. The third kappa shape index (κ3) is 3.03. The van der Waals surface area contributed by atoms with Gasteiger partial charge in [-0.05, 0) is 6.92 Å². The number of nitrogen functional groups attached to an aromatic ring is 1. The number of thiophene rings is 1. The maximum Gasteiger partial charge on any atom is 0.245 e. The number of nitrogens with one attached hydrogen (secondary N) is 1. The predicted molar refractivity (Wildman–Crippen MR) is 79.0 cm³/mol. The summed E-state index contributed by atoms with van der Waals surface area (Å²) in [7, 11) is 0. The number of Topliss-reactive ketones (excluding diaryl/α,β-unsaturated/α-hetero) is 1. The van der Waals surface area contributed by atoms with E-state index in [1.165, 1.54) is 11.3 Å². The lowest BCUT2D eigenvalue weighted by molar-refractivity contribution is 0.0944. The summed E-state index contributed by atoms with van der Waals surface area (Å²) >= 11 is 1.18. The van der Waals surface area contributed by atoms with Crippen LogP contribution >= 0.6 is 11.3 Å². The van der Waals surface area contributed by atoms with Crippen molar-refractivity contribution in [3.05, 3.63) is 22.2 Å². The van der Waals surface area contributed by atoms with Gasteiger partial charge in [0.05, 0.1) is 17.1 Å². The van der Waals surface area contributed by atoms with Crippen molar-refractivity contribution in [2.45, 2.75) is 27.3 Å². The summed E-state index contributed by atoms with van der Waals surface area (Å²) in [6.07, 6.45) is 0. The Balaban J connectivity index is 2.25. The van der Waals surface area contributed by atoms with E-state index >= 15 is 0 Å². The second kappa shape index (κ2) is 5.93. The fraction of sp³-hybridized carbons (Fsp3) is 0.385. The minimum atomic E-state index is -0.177. The van der Waals surface area contributed by atoms with E-state index in [1.807, 2.05) is 6.07 Å². The zero-order valence-electron chi connectivity index (χ0n) is 11.9. The van der Waals surface area contributed by atoms with Gasteiger partial charge in [0.2, 0.25) is 5.89 Å². The van der Waals surface area contributed by atoms with Crippen molar-refractivity contribution in [3.63, 3.8) is 0 Å². The van der Waals surface area contributed by atoms with Crippen molar-refractivity contribution < 1.29 is 9.32 Å². The standard InChI is InChI=1S/C13H15N5O2S/c1-6(2)11(19)12-10(15)8(4-14)13(21-12)16-5-9-17-7(3)18-20-9/h6,16H,5,15H2,1-3H3. The molecule has 0 aliphatic carbocycles. The fourth-order valence-electron chi connectivity index (χ4n) is 1.69. The van der Waals surface area contributed by atoms with E-state index in [1.54, 1.807) is 20.8 Å². The second-order valence-electron chi connectivity index (χ2n) is 4.77. The first-order valence-corrected chi connectivity index (χ1v) is 7.15. The second-order valence-corrected chi connectivity index (χ2v) is 5.79. The van der Waals surface area contributed by atoms with Gasteiger partial charge in [0.1, 0.15) is 16.6 Å². The van der Waals surface area contributed by atoms with Crippen LogP contribution in [0.1, 0.15) is 40.8 Å². The Morgan fingerprint density at radius 1 is 1.57 bits per heavy atom. The zero-order chi connectivity index (χ0) is 15.6. The molecular formula is C13H15N5O2S. The highest BCUT2D eigenvalue weighted by Gasteiger charge is 2.22. The average molecular weight is 305 g/mol. The van der Waals surface area contributed by atoms with Gasteiger partial charge in [-0.2, -0.15) is 10.2 Å². The van der Waals surface area contributed by atoms with Crippen molar-refractivity contribution in [1.29, 1.82) is 5.26 Å². The molecule has 0 aromatic carbocycles. The molecule has 0 unspecified atom stereocenters. The number of nitriles is 1. The first kappa shape index (κ1) is 15.0. The Morgan fingerprint density at radius 3 is 2.81 bits per heavy atom. The number of rotatable bonds is 5. The smallest absolute Gasteiger partial charge is 0.245 e. The van der Waals surface area contributed by atoms with Crippen LogP contribution in [-0.4, -0.2) is 15.9 Å². The van der Waals surface area contributed by atoms with E-state index in [4.69, 9.17) is 10.3 Å². The Labute approximate surface area is 125 Å². The molecule has 2 aromatic heterocycles. The van der Waals surface area contributed by atoms with Crippen molar-refractivity contribution in [1.82, 2.24) is 10.1 Å². The Kier molecular flexibility index (Phi) is 4.23. The molecule has 7 nitrogen and oxygen atoms in total. The molecule has 0 amide bonds. The molecule has 3 N–H and O–H groups in total. The zero-order valence-corrected chi connectivity index (χ0v) is 12.7. The monoisotopic (exact) mass is 305 g/mol. The minimum Gasteiger partial charge on any atom is -0.396 e. The van der Waals surface area contributed by atoms with E-state index < -0.39 is 0 Å². The number of anilines is 2. The molecule has 21 heavy (non-hydrogen) atoms.